The van der Waals surface area contributed by atoms with Gasteiger partial charge in [0.25, 0.3) is 0 Å². The van der Waals surface area contributed by atoms with Crippen molar-refractivity contribution in [1.29, 1.82) is 0 Å². The van der Waals surface area contributed by atoms with Crippen molar-refractivity contribution in [2.45, 2.75) is 281 Å². The number of ether oxygens (including phenoxy) is 2. The van der Waals surface area contributed by atoms with Gasteiger partial charge in [-0.05, 0) is 51.4 Å². The van der Waals surface area contributed by atoms with Crippen LogP contribution in [0.1, 0.15) is 226 Å². The Kier molecular flexibility index (Phi) is 38.8. The number of rotatable bonds is 43. The van der Waals surface area contributed by atoms with Gasteiger partial charge in [-0.1, -0.05) is 199 Å². The zero-order valence-corrected chi connectivity index (χ0v) is 39.6. The standard InChI is InChI=1S/C51H97NO10/c1-3-5-7-9-11-13-15-17-19-20-21-22-23-24-25-27-28-30-32-34-36-38-43(54)46(56)42(41-61-51-49(59)48(58)47(57)45(40-53)62-51)52-50(60)44(55)39-37-35-33-31-29-26-18-16-14-12-10-8-6-4-2/h24-25,30,32,42-49,51,53-59H,3-23,26-29,31,33-41H2,1-2H3,(H,52,60)/b25-24+,32-30+. The first-order valence-corrected chi connectivity index (χ1v) is 25.7. The van der Waals surface area contributed by atoms with Crippen molar-refractivity contribution in [3.63, 3.8) is 0 Å². The van der Waals surface area contributed by atoms with E-state index in [9.17, 15) is 40.5 Å². The minimum Gasteiger partial charge on any atom is -0.394 e. The number of hydrogen-bond donors (Lipinski definition) is 8. The number of unbranched alkanes of at least 4 members (excludes halogenated alkanes) is 27. The van der Waals surface area contributed by atoms with Gasteiger partial charge in [0.2, 0.25) is 5.91 Å². The maximum absolute atomic E-state index is 13.1. The molecule has 9 atom stereocenters. The Labute approximate surface area is 378 Å². The van der Waals surface area contributed by atoms with Crippen LogP contribution < -0.4 is 5.32 Å². The van der Waals surface area contributed by atoms with Crippen LogP contribution in [0.15, 0.2) is 24.3 Å². The van der Waals surface area contributed by atoms with E-state index >= 15 is 0 Å². The Morgan fingerprint density at radius 1 is 0.548 bits per heavy atom. The highest BCUT2D eigenvalue weighted by molar-refractivity contribution is 5.80. The Bertz CT molecular complexity index is 1060. The maximum Gasteiger partial charge on any atom is 0.249 e. The monoisotopic (exact) mass is 884 g/mol. The summed E-state index contributed by atoms with van der Waals surface area (Å²) in [5.41, 5.74) is 0. The summed E-state index contributed by atoms with van der Waals surface area (Å²) in [4.78, 5) is 13.1. The molecule has 366 valence electrons. The molecule has 1 amide bonds. The summed E-state index contributed by atoms with van der Waals surface area (Å²) < 4.78 is 11.1. The lowest BCUT2D eigenvalue weighted by molar-refractivity contribution is -0.303. The minimum absolute atomic E-state index is 0.248. The van der Waals surface area contributed by atoms with Crippen LogP contribution in [0.2, 0.25) is 0 Å². The van der Waals surface area contributed by atoms with Gasteiger partial charge in [-0.3, -0.25) is 4.79 Å². The molecule has 0 aromatic rings. The average molecular weight is 884 g/mol. The number of allylic oxidation sites excluding steroid dienone is 4. The summed E-state index contributed by atoms with van der Waals surface area (Å²) >= 11 is 0. The molecule has 1 rings (SSSR count). The third kappa shape index (κ3) is 29.9. The van der Waals surface area contributed by atoms with Crippen molar-refractivity contribution < 1.29 is 50.0 Å². The predicted octanol–water partition coefficient (Wildman–Crippen LogP) is 9.40. The minimum atomic E-state index is -1.67. The molecular formula is C51H97NO10. The van der Waals surface area contributed by atoms with Crippen LogP contribution in [-0.2, 0) is 14.3 Å². The van der Waals surface area contributed by atoms with Gasteiger partial charge in [-0.15, -0.1) is 0 Å². The summed E-state index contributed by atoms with van der Waals surface area (Å²) in [6.07, 6.45) is 35.1. The molecule has 9 unspecified atom stereocenters. The van der Waals surface area contributed by atoms with Crippen LogP contribution >= 0.6 is 0 Å². The van der Waals surface area contributed by atoms with E-state index in [1.54, 1.807) is 0 Å². The molecule has 0 aromatic carbocycles. The molecule has 0 spiro atoms. The molecule has 0 aliphatic carbocycles. The van der Waals surface area contributed by atoms with Crippen molar-refractivity contribution in [1.82, 2.24) is 5.32 Å². The molecular weight excluding hydrogens is 787 g/mol. The summed E-state index contributed by atoms with van der Waals surface area (Å²) in [5.74, 6) is -0.709. The molecule has 0 saturated carbocycles. The molecule has 0 radical (unpaired) electrons. The van der Waals surface area contributed by atoms with Gasteiger partial charge in [0, 0.05) is 0 Å². The van der Waals surface area contributed by atoms with Crippen molar-refractivity contribution in [3.05, 3.63) is 24.3 Å². The molecule has 62 heavy (non-hydrogen) atoms. The third-order valence-corrected chi connectivity index (χ3v) is 12.5. The number of hydrogen-bond acceptors (Lipinski definition) is 10. The van der Waals surface area contributed by atoms with E-state index < -0.39 is 74.2 Å². The fraction of sp³-hybridized carbons (Fsp3) is 0.902. The lowest BCUT2D eigenvalue weighted by atomic mass is 9.98. The van der Waals surface area contributed by atoms with Crippen molar-refractivity contribution >= 4 is 5.91 Å². The van der Waals surface area contributed by atoms with E-state index in [1.807, 2.05) is 0 Å². The second-order valence-electron chi connectivity index (χ2n) is 18.2. The first-order valence-electron chi connectivity index (χ1n) is 25.7. The van der Waals surface area contributed by atoms with Gasteiger partial charge in [-0.2, -0.15) is 0 Å². The highest BCUT2D eigenvalue weighted by Crippen LogP contribution is 2.23. The molecule has 0 bridgehead atoms. The second-order valence-corrected chi connectivity index (χ2v) is 18.2. The number of aliphatic hydroxyl groups excluding tert-OH is 7. The zero-order chi connectivity index (χ0) is 45.5. The van der Waals surface area contributed by atoms with E-state index in [-0.39, 0.29) is 12.8 Å². The molecule has 1 heterocycles. The fourth-order valence-electron chi connectivity index (χ4n) is 8.22. The number of carbonyl (C=O) groups is 1. The highest BCUT2D eigenvalue weighted by atomic mass is 16.7. The molecule has 1 aliphatic heterocycles. The van der Waals surface area contributed by atoms with Crippen molar-refractivity contribution in [3.8, 4) is 0 Å². The van der Waals surface area contributed by atoms with Crippen LogP contribution in [0.4, 0.5) is 0 Å². The summed E-state index contributed by atoms with van der Waals surface area (Å²) in [6, 6.07) is -1.19. The Morgan fingerprint density at radius 2 is 0.968 bits per heavy atom. The SMILES string of the molecule is CCCCCCCCCCCCCC/C=C/CC/C=C/CCCC(O)C(O)C(COC1OC(CO)C(O)C(O)C1O)NC(=O)C(O)CCCCCCCCCCCCCCCC. The van der Waals surface area contributed by atoms with E-state index in [2.05, 4.69) is 43.5 Å². The van der Waals surface area contributed by atoms with E-state index in [0.29, 0.717) is 19.3 Å². The van der Waals surface area contributed by atoms with Crippen molar-refractivity contribution in [2.24, 2.45) is 0 Å². The molecule has 1 fully saturated rings. The smallest absolute Gasteiger partial charge is 0.249 e. The first-order chi connectivity index (χ1) is 30.2. The lowest BCUT2D eigenvalue weighted by Gasteiger charge is -2.40. The fourth-order valence-corrected chi connectivity index (χ4v) is 8.22. The van der Waals surface area contributed by atoms with E-state index in [1.165, 1.54) is 141 Å². The Balaban J connectivity index is 2.42. The van der Waals surface area contributed by atoms with Crippen LogP contribution in [0.3, 0.4) is 0 Å². The number of aliphatic hydroxyl groups is 7. The van der Waals surface area contributed by atoms with Gasteiger partial charge in [-0.25, -0.2) is 0 Å². The number of amides is 1. The van der Waals surface area contributed by atoms with Gasteiger partial charge >= 0.3 is 0 Å². The lowest BCUT2D eigenvalue weighted by Crippen LogP contribution is -2.60. The topological polar surface area (TPSA) is 189 Å². The van der Waals surface area contributed by atoms with Crippen molar-refractivity contribution in [2.75, 3.05) is 13.2 Å². The van der Waals surface area contributed by atoms with Crippen LogP contribution in [-0.4, -0.2) is 110 Å². The molecule has 11 heteroatoms. The average Bonchev–Trinajstić information content (AvgIpc) is 3.27. The molecule has 8 N–H and O–H groups in total. The van der Waals surface area contributed by atoms with E-state index in [0.717, 1.165) is 38.5 Å². The van der Waals surface area contributed by atoms with Gasteiger partial charge in [0.15, 0.2) is 6.29 Å². The van der Waals surface area contributed by atoms with Gasteiger partial charge in [0.05, 0.1) is 25.4 Å². The Hall–Kier alpha value is -1.41. The van der Waals surface area contributed by atoms with E-state index in [4.69, 9.17) is 9.47 Å². The second kappa shape index (κ2) is 41.1. The maximum atomic E-state index is 13.1. The first kappa shape index (κ1) is 58.6. The largest absolute Gasteiger partial charge is 0.394 e. The number of carbonyl (C=O) groups excluding carboxylic acids is 1. The Morgan fingerprint density at radius 3 is 1.44 bits per heavy atom. The molecule has 1 aliphatic rings. The molecule has 0 aromatic heterocycles. The highest BCUT2D eigenvalue weighted by Gasteiger charge is 2.44. The van der Waals surface area contributed by atoms with Gasteiger partial charge < -0.3 is 50.5 Å². The predicted molar refractivity (Wildman–Crippen MR) is 252 cm³/mol. The van der Waals surface area contributed by atoms with Crippen LogP contribution in [0.25, 0.3) is 0 Å². The van der Waals surface area contributed by atoms with Gasteiger partial charge in [0.1, 0.15) is 36.6 Å². The van der Waals surface area contributed by atoms with Crippen LogP contribution in [0, 0.1) is 0 Å². The zero-order valence-electron chi connectivity index (χ0n) is 39.6. The quantitative estimate of drug-likeness (QED) is 0.0216. The molecule has 11 nitrogen and oxygen atoms in total. The van der Waals surface area contributed by atoms with Crippen LogP contribution in [0.5, 0.6) is 0 Å². The summed E-state index contributed by atoms with van der Waals surface area (Å²) in [6.45, 7) is 3.43. The third-order valence-electron chi connectivity index (χ3n) is 12.5. The number of nitrogens with one attached hydrogen (secondary N) is 1. The normalized spacial score (nSPS) is 21.5. The summed E-state index contributed by atoms with van der Waals surface area (Å²) in [5, 5.41) is 75.8. The summed E-state index contributed by atoms with van der Waals surface area (Å²) in [7, 11) is 0. The molecule has 1 saturated heterocycles.